The number of carboxylic acid groups (broad SMARTS) is 2. The molecule has 0 aromatic heterocycles. The maximum atomic E-state index is 10.6. The Labute approximate surface area is 104 Å². The lowest BCUT2D eigenvalue weighted by Crippen LogP contribution is -2.34. The van der Waals surface area contributed by atoms with Gasteiger partial charge in [0.2, 0.25) is 0 Å². The zero-order valence-electron chi connectivity index (χ0n) is 10.4. The van der Waals surface area contributed by atoms with Crippen LogP contribution < -0.4 is 5.43 Å². The first kappa shape index (κ1) is 21.1. The number of amides is 1. The average Bonchev–Trinajstić information content (AvgIpc) is 2.14. The van der Waals surface area contributed by atoms with E-state index in [4.69, 9.17) is 10.2 Å². The molecule has 104 valence electrons. The molecule has 0 spiro atoms. The van der Waals surface area contributed by atoms with Gasteiger partial charge in [0.1, 0.15) is 0 Å². The van der Waals surface area contributed by atoms with Gasteiger partial charge in [-0.25, -0.2) is 14.6 Å². The number of hydrogen-bond donors (Lipinski definition) is 3. The van der Waals surface area contributed by atoms with Crippen molar-refractivity contribution in [1.82, 2.24) is 10.4 Å². The molecule has 18 heavy (non-hydrogen) atoms. The summed E-state index contributed by atoms with van der Waals surface area (Å²) in [5.74, 6) is -2.61. The number of rotatable bonds is 4. The van der Waals surface area contributed by atoms with E-state index in [2.05, 4.69) is 5.43 Å². The molecule has 8 heteroatoms. The SMILES string of the molecule is CC=CC(=O)NN(C)C.O.O=C(O)/C=C\C(=O)O. The second-order valence-corrected chi connectivity index (χ2v) is 2.88. The smallest absolute Gasteiger partial charge is 0.328 e. The van der Waals surface area contributed by atoms with Crippen LogP contribution in [0.5, 0.6) is 0 Å². The van der Waals surface area contributed by atoms with Gasteiger partial charge in [0, 0.05) is 26.2 Å². The van der Waals surface area contributed by atoms with Crippen LogP contribution >= 0.6 is 0 Å². The molecular weight excluding hydrogens is 244 g/mol. The molecule has 0 saturated heterocycles. The molecule has 0 bridgehead atoms. The fourth-order valence-electron chi connectivity index (χ4n) is 0.552. The van der Waals surface area contributed by atoms with Gasteiger partial charge in [-0.3, -0.25) is 10.2 Å². The highest BCUT2D eigenvalue weighted by Crippen LogP contribution is 1.71. The van der Waals surface area contributed by atoms with E-state index in [-0.39, 0.29) is 11.4 Å². The number of carboxylic acids is 2. The number of allylic oxidation sites excluding steroid dienone is 1. The predicted octanol–water partition coefficient (Wildman–Crippen LogP) is -0.958. The summed E-state index contributed by atoms with van der Waals surface area (Å²) in [6.07, 6.45) is 4.28. The van der Waals surface area contributed by atoms with Gasteiger partial charge in [-0.1, -0.05) is 6.08 Å². The summed E-state index contributed by atoms with van der Waals surface area (Å²) in [7, 11) is 3.53. The van der Waals surface area contributed by atoms with E-state index in [9.17, 15) is 14.4 Å². The van der Waals surface area contributed by atoms with Gasteiger partial charge >= 0.3 is 11.9 Å². The molecule has 0 aliphatic carbocycles. The molecule has 0 fully saturated rings. The Hall–Kier alpha value is -2.19. The minimum Gasteiger partial charge on any atom is -0.478 e. The summed E-state index contributed by atoms with van der Waals surface area (Å²) in [5, 5.41) is 17.2. The zero-order valence-corrected chi connectivity index (χ0v) is 10.4. The van der Waals surface area contributed by atoms with Gasteiger partial charge in [0.15, 0.2) is 0 Å². The third-order valence-electron chi connectivity index (χ3n) is 1.02. The third-order valence-corrected chi connectivity index (χ3v) is 1.02. The van der Waals surface area contributed by atoms with E-state index >= 15 is 0 Å². The van der Waals surface area contributed by atoms with Crippen molar-refractivity contribution in [2.24, 2.45) is 0 Å². The van der Waals surface area contributed by atoms with Crippen molar-refractivity contribution >= 4 is 17.8 Å². The first-order valence-corrected chi connectivity index (χ1v) is 4.54. The Bertz CT molecular complexity index is 306. The summed E-state index contributed by atoms with van der Waals surface area (Å²) >= 11 is 0. The van der Waals surface area contributed by atoms with Gasteiger partial charge in [0.25, 0.3) is 5.91 Å². The first-order valence-electron chi connectivity index (χ1n) is 4.54. The van der Waals surface area contributed by atoms with Crippen molar-refractivity contribution in [3.05, 3.63) is 24.3 Å². The second-order valence-electron chi connectivity index (χ2n) is 2.88. The average molecular weight is 262 g/mol. The summed E-state index contributed by atoms with van der Waals surface area (Å²) in [6.45, 7) is 1.80. The summed E-state index contributed by atoms with van der Waals surface area (Å²) < 4.78 is 0. The quantitative estimate of drug-likeness (QED) is 0.440. The lowest BCUT2D eigenvalue weighted by atomic mass is 10.5. The molecule has 0 saturated carbocycles. The van der Waals surface area contributed by atoms with E-state index < -0.39 is 11.9 Å². The van der Waals surface area contributed by atoms with Gasteiger partial charge < -0.3 is 15.7 Å². The van der Waals surface area contributed by atoms with Crippen molar-refractivity contribution in [2.75, 3.05) is 14.1 Å². The van der Waals surface area contributed by atoms with E-state index in [1.165, 1.54) is 6.08 Å². The van der Waals surface area contributed by atoms with E-state index in [0.29, 0.717) is 12.2 Å². The van der Waals surface area contributed by atoms with Crippen molar-refractivity contribution in [3.8, 4) is 0 Å². The minimum atomic E-state index is -1.26. The lowest BCUT2D eigenvalue weighted by Gasteiger charge is -2.08. The standard InChI is InChI=1S/C6H12N2O.C4H4O4.H2O/c1-4-5-6(9)7-8(2)3;5-3(6)1-2-4(7)8;/h4-5H,1-3H3,(H,7,9);1-2H,(H,5,6)(H,7,8);1H2/b;2-1-;. The van der Waals surface area contributed by atoms with E-state index in [1.807, 2.05) is 0 Å². The van der Waals surface area contributed by atoms with Crippen LogP contribution in [-0.2, 0) is 14.4 Å². The molecule has 5 N–H and O–H groups in total. The van der Waals surface area contributed by atoms with Gasteiger partial charge in [0.05, 0.1) is 0 Å². The predicted molar refractivity (Wildman–Crippen MR) is 64.7 cm³/mol. The van der Waals surface area contributed by atoms with Crippen molar-refractivity contribution in [1.29, 1.82) is 0 Å². The van der Waals surface area contributed by atoms with Gasteiger partial charge in [-0.15, -0.1) is 0 Å². The Kier molecular flexibility index (Phi) is 15.1. The molecule has 0 rings (SSSR count). The molecule has 0 radical (unpaired) electrons. The molecule has 0 aromatic rings. The molecule has 0 aromatic carbocycles. The molecule has 0 atom stereocenters. The minimum absolute atomic E-state index is 0. The van der Waals surface area contributed by atoms with Crippen LogP contribution in [0.15, 0.2) is 24.3 Å². The first-order chi connectivity index (χ1) is 7.79. The zero-order chi connectivity index (χ0) is 13.8. The molecule has 8 nitrogen and oxygen atoms in total. The molecule has 0 aliphatic heterocycles. The van der Waals surface area contributed by atoms with Crippen molar-refractivity contribution < 1.29 is 30.1 Å². The van der Waals surface area contributed by atoms with Crippen molar-refractivity contribution in [3.63, 3.8) is 0 Å². The highest BCUT2D eigenvalue weighted by molar-refractivity contribution is 5.89. The van der Waals surface area contributed by atoms with Crippen LogP contribution in [0.25, 0.3) is 0 Å². The van der Waals surface area contributed by atoms with Crippen LogP contribution in [0.1, 0.15) is 6.92 Å². The number of nitrogens with zero attached hydrogens (tertiary/aromatic N) is 1. The van der Waals surface area contributed by atoms with E-state index in [1.54, 1.807) is 32.1 Å². The number of hydrazine groups is 1. The fraction of sp³-hybridized carbons (Fsp3) is 0.300. The number of carbonyl (C=O) groups is 3. The molecule has 0 heterocycles. The Morgan fingerprint density at radius 1 is 1.00 bits per heavy atom. The number of aliphatic carboxylic acids is 2. The number of carbonyl (C=O) groups excluding carboxylic acids is 1. The largest absolute Gasteiger partial charge is 0.478 e. The Balaban J connectivity index is -0.000000238. The number of hydrogen-bond acceptors (Lipinski definition) is 4. The van der Waals surface area contributed by atoms with Crippen molar-refractivity contribution in [2.45, 2.75) is 6.92 Å². The Morgan fingerprint density at radius 2 is 1.39 bits per heavy atom. The topological polar surface area (TPSA) is 138 Å². The maximum absolute atomic E-state index is 10.6. The highest BCUT2D eigenvalue weighted by atomic mass is 16.4. The normalized spacial score (nSPS) is 9.56. The van der Waals surface area contributed by atoms with E-state index in [0.717, 1.165) is 0 Å². The number of nitrogens with one attached hydrogen (secondary N) is 1. The highest BCUT2D eigenvalue weighted by Gasteiger charge is 1.91. The Morgan fingerprint density at radius 3 is 1.61 bits per heavy atom. The summed E-state index contributed by atoms with van der Waals surface area (Å²) in [6, 6.07) is 0. The molecule has 0 unspecified atom stereocenters. The molecular formula is C10H18N2O6. The second kappa shape index (κ2) is 12.9. The van der Waals surface area contributed by atoms with Crippen LogP contribution in [0.3, 0.4) is 0 Å². The maximum Gasteiger partial charge on any atom is 0.328 e. The fourth-order valence-corrected chi connectivity index (χ4v) is 0.552. The van der Waals surface area contributed by atoms with Crippen LogP contribution in [0.4, 0.5) is 0 Å². The van der Waals surface area contributed by atoms with Crippen LogP contribution in [-0.4, -0.2) is 52.6 Å². The monoisotopic (exact) mass is 262 g/mol. The lowest BCUT2D eigenvalue weighted by molar-refractivity contribution is -0.134. The van der Waals surface area contributed by atoms with Crippen LogP contribution in [0.2, 0.25) is 0 Å². The molecule has 0 aliphatic rings. The third kappa shape index (κ3) is 23.5. The summed E-state index contributed by atoms with van der Waals surface area (Å²) in [4.78, 5) is 29.7. The summed E-state index contributed by atoms with van der Waals surface area (Å²) in [5.41, 5.74) is 2.55. The van der Waals surface area contributed by atoms with Crippen LogP contribution in [0, 0.1) is 0 Å². The van der Waals surface area contributed by atoms with Gasteiger partial charge in [-0.05, 0) is 13.0 Å². The molecule has 1 amide bonds. The van der Waals surface area contributed by atoms with Gasteiger partial charge in [-0.2, -0.15) is 0 Å².